The molecule has 2 heteroatoms. The molecule has 0 atom stereocenters. The summed E-state index contributed by atoms with van der Waals surface area (Å²) < 4.78 is 28.0. The van der Waals surface area contributed by atoms with Gasteiger partial charge in [-0.15, -0.1) is 0 Å². The molecule has 84 valence electrons. The van der Waals surface area contributed by atoms with Crippen LogP contribution < -0.4 is 0 Å². The first-order chi connectivity index (χ1) is 7.76. The quantitative estimate of drug-likeness (QED) is 0.603. The van der Waals surface area contributed by atoms with Crippen LogP contribution in [0.3, 0.4) is 0 Å². The number of hydrogen-bond donors (Lipinski definition) is 0. The fourth-order valence-electron chi connectivity index (χ4n) is 3.18. The van der Waals surface area contributed by atoms with Gasteiger partial charge >= 0.3 is 0 Å². The molecule has 0 aromatic heterocycles. The Morgan fingerprint density at radius 1 is 0.938 bits per heavy atom. The summed E-state index contributed by atoms with van der Waals surface area (Å²) in [7, 11) is 0. The van der Waals surface area contributed by atoms with Crippen molar-refractivity contribution in [3.8, 4) is 0 Å². The maximum Gasteiger partial charge on any atom is 0.163 e. The van der Waals surface area contributed by atoms with E-state index in [0.29, 0.717) is 5.56 Å². The van der Waals surface area contributed by atoms with Crippen LogP contribution in [0.15, 0.2) is 30.1 Å². The van der Waals surface area contributed by atoms with E-state index in [9.17, 15) is 8.78 Å². The predicted molar refractivity (Wildman–Crippen MR) is 60.3 cm³/mol. The SMILES string of the molecule is FC1=C(F)C2(CCCCC2)c2ccccc21. The van der Waals surface area contributed by atoms with Crippen molar-refractivity contribution in [2.75, 3.05) is 0 Å². The zero-order valence-corrected chi connectivity index (χ0v) is 9.10. The Balaban J connectivity index is 2.19. The molecule has 16 heavy (non-hydrogen) atoms. The molecule has 1 saturated carbocycles. The molecule has 3 rings (SSSR count). The topological polar surface area (TPSA) is 0 Å². The van der Waals surface area contributed by atoms with E-state index in [2.05, 4.69) is 0 Å². The van der Waals surface area contributed by atoms with E-state index < -0.39 is 17.1 Å². The first-order valence-corrected chi connectivity index (χ1v) is 5.91. The van der Waals surface area contributed by atoms with Crippen molar-refractivity contribution in [1.82, 2.24) is 0 Å². The third kappa shape index (κ3) is 1.13. The Morgan fingerprint density at radius 3 is 2.38 bits per heavy atom. The minimum atomic E-state index is -0.627. The molecular weight excluding hydrogens is 206 g/mol. The van der Waals surface area contributed by atoms with E-state index >= 15 is 0 Å². The van der Waals surface area contributed by atoms with Gasteiger partial charge in [-0.1, -0.05) is 43.5 Å². The van der Waals surface area contributed by atoms with Gasteiger partial charge in [-0.3, -0.25) is 0 Å². The molecular formula is C14H14F2. The van der Waals surface area contributed by atoms with Crippen molar-refractivity contribution >= 4 is 5.83 Å². The van der Waals surface area contributed by atoms with Crippen LogP contribution in [0.5, 0.6) is 0 Å². The highest BCUT2D eigenvalue weighted by molar-refractivity contribution is 5.74. The summed E-state index contributed by atoms with van der Waals surface area (Å²) in [5, 5.41) is 0. The molecule has 1 aromatic carbocycles. The van der Waals surface area contributed by atoms with E-state index in [4.69, 9.17) is 0 Å². The van der Waals surface area contributed by atoms with Crippen LogP contribution in [0.1, 0.15) is 43.2 Å². The van der Waals surface area contributed by atoms with E-state index in [1.54, 1.807) is 12.1 Å². The second-order valence-electron chi connectivity index (χ2n) is 4.82. The average molecular weight is 220 g/mol. The van der Waals surface area contributed by atoms with Gasteiger partial charge in [0.05, 0.1) is 5.41 Å². The van der Waals surface area contributed by atoms with Gasteiger partial charge in [0, 0.05) is 5.56 Å². The van der Waals surface area contributed by atoms with Gasteiger partial charge in [0.15, 0.2) is 5.83 Å². The van der Waals surface area contributed by atoms with Gasteiger partial charge in [-0.05, 0) is 18.4 Å². The lowest BCUT2D eigenvalue weighted by molar-refractivity contribution is 0.295. The summed E-state index contributed by atoms with van der Waals surface area (Å²) in [5.41, 5.74) is 0.713. The van der Waals surface area contributed by atoms with Crippen LogP contribution in [-0.2, 0) is 5.41 Å². The lowest BCUT2D eigenvalue weighted by Gasteiger charge is -2.33. The molecule has 2 aliphatic rings. The molecule has 0 aliphatic heterocycles. The molecule has 0 saturated heterocycles. The summed E-state index contributed by atoms with van der Waals surface area (Å²) in [6.07, 6.45) is 4.63. The van der Waals surface area contributed by atoms with Gasteiger partial charge in [-0.2, -0.15) is 0 Å². The molecule has 1 aromatic rings. The van der Waals surface area contributed by atoms with Gasteiger partial charge in [-0.25, -0.2) is 8.78 Å². The predicted octanol–water partition coefficient (Wildman–Crippen LogP) is 4.51. The number of fused-ring (bicyclic) bond motifs is 2. The highest BCUT2D eigenvalue weighted by Gasteiger charge is 2.46. The number of allylic oxidation sites excluding steroid dienone is 1. The molecule has 1 spiro atoms. The van der Waals surface area contributed by atoms with Crippen molar-refractivity contribution < 1.29 is 8.78 Å². The van der Waals surface area contributed by atoms with Crippen molar-refractivity contribution in [2.24, 2.45) is 0 Å². The Morgan fingerprint density at radius 2 is 1.62 bits per heavy atom. The zero-order valence-electron chi connectivity index (χ0n) is 9.10. The number of halogens is 2. The summed E-state index contributed by atoms with van der Waals surface area (Å²) >= 11 is 0. The summed E-state index contributed by atoms with van der Waals surface area (Å²) in [5.74, 6) is -1.15. The first-order valence-electron chi connectivity index (χ1n) is 5.91. The van der Waals surface area contributed by atoms with E-state index in [1.807, 2.05) is 12.1 Å². The lowest BCUT2D eigenvalue weighted by Crippen LogP contribution is -2.27. The fourth-order valence-corrected chi connectivity index (χ4v) is 3.18. The Labute approximate surface area is 94.0 Å². The molecule has 2 aliphatic carbocycles. The van der Waals surface area contributed by atoms with Crippen LogP contribution in [0.25, 0.3) is 5.83 Å². The summed E-state index contributed by atoms with van der Waals surface area (Å²) in [6.45, 7) is 0. The van der Waals surface area contributed by atoms with Crippen molar-refractivity contribution in [3.63, 3.8) is 0 Å². The minimum Gasteiger partial charge on any atom is -0.208 e. The van der Waals surface area contributed by atoms with Crippen molar-refractivity contribution in [3.05, 3.63) is 41.2 Å². The van der Waals surface area contributed by atoms with Crippen LogP contribution >= 0.6 is 0 Å². The van der Waals surface area contributed by atoms with Gasteiger partial charge in [0.25, 0.3) is 0 Å². The maximum atomic E-state index is 14.2. The van der Waals surface area contributed by atoms with Gasteiger partial charge in [0.1, 0.15) is 5.83 Å². The Bertz CT molecular complexity index is 454. The van der Waals surface area contributed by atoms with Crippen molar-refractivity contribution in [2.45, 2.75) is 37.5 Å². The smallest absolute Gasteiger partial charge is 0.163 e. The number of rotatable bonds is 0. The minimum absolute atomic E-state index is 0.474. The Hall–Kier alpha value is -1.18. The maximum absolute atomic E-state index is 14.2. The van der Waals surface area contributed by atoms with Crippen molar-refractivity contribution in [1.29, 1.82) is 0 Å². The van der Waals surface area contributed by atoms with E-state index in [0.717, 1.165) is 37.7 Å². The molecule has 0 heterocycles. The monoisotopic (exact) mass is 220 g/mol. The number of hydrogen-bond acceptors (Lipinski definition) is 0. The molecule has 0 amide bonds. The number of benzene rings is 1. The second kappa shape index (κ2) is 3.41. The third-order valence-electron chi connectivity index (χ3n) is 4.00. The fraction of sp³-hybridized carbons (Fsp3) is 0.429. The highest BCUT2D eigenvalue weighted by atomic mass is 19.2. The first kappa shape index (κ1) is 10.0. The molecule has 0 N–H and O–H groups in total. The van der Waals surface area contributed by atoms with Crippen LogP contribution in [0.4, 0.5) is 8.78 Å². The average Bonchev–Trinajstić information content (AvgIpc) is 2.55. The molecule has 0 radical (unpaired) electrons. The second-order valence-corrected chi connectivity index (χ2v) is 4.82. The van der Waals surface area contributed by atoms with Crippen LogP contribution in [0, 0.1) is 0 Å². The lowest BCUT2D eigenvalue weighted by atomic mass is 9.70. The summed E-state index contributed by atoms with van der Waals surface area (Å²) in [6, 6.07) is 7.22. The normalized spacial score (nSPS) is 22.6. The van der Waals surface area contributed by atoms with Gasteiger partial charge in [0.2, 0.25) is 0 Å². The summed E-state index contributed by atoms with van der Waals surface area (Å²) in [4.78, 5) is 0. The standard InChI is InChI=1S/C14H14F2/c15-12-10-6-2-3-7-11(10)14(13(12)16)8-4-1-5-9-14/h2-3,6-7H,1,4-5,8-9H2. The highest BCUT2D eigenvalue weighted by Crippen LogP contribution is 2.54. The Kier molecular flexibility index (Phi) is 2.13. The third-order valence-corrected chi connectivity index (χ3v) is 4.00. The molecule has 0 unspecified atom stereocenters. The molecule has 0 bridgehead atoms. The van der Waals surface area contributed by atoms with E-state index in [-0.39, 0.29) is 0 Å². The van der Waals surface area contributed by atoms with Gasteiger partial charge < -0.3 is 0 Å². The van der Waals surface area contributed by atoms with E-state index in [1.165, 1.54) is 0 Å². The van der Waals surface area contributed by atoms with Crippen LogP contribution in [0.2, 0.25) is 0 Å². The molecule has 0 nitrogen and oxygen atoms in total. The largest absolute Gasteiger partial charge is 0.208 e. The van der Waals surface area contributed by atoms with Crippen LogP contribution in [-0.4, -0.2) is 0 Å². The molecule has 1 fully saturated rings. The zero-order chi connectivity index (χ0) is 11.2.